The number of carbonyl (C=O) groups is 1. The maximum absolute atomic E-state index is 12.5. The third kappa shape index (κ3) is 3.80. The summed E-state index contributed by atoms with van der Waals surface area (Å²) >= 11 is 1.88. The number of aryl methyl sites for hydroxylation is 1. The lowest BCUT2D eigenvalue weighted by Gasteiger charge is -2.35. The second-order valence-electron chi connectivity index (χ2n) is 7.33. The van der Waals surface area contributed by atoms with Crippen molar-refractivity contribution in [3.63, 3.8) is 0 Å². The fourth-order valence-corrected chi connectivity index (χ4v) is 4.92. The SMILES string of the molecule is Cc1ccccc1CCNC(=O)CN1CCc2sccc2[C@H]1C1CC1. The van der Waals surface area contributed by atoms with Gasteiger partial charge in [0.2, 0.25) is 5.91 Å². The molecule has 1 aliphatic heterocycles. The third-order valence-electron chi connectivity index (χ3n) is 5.51. The normalized spacial score (nSPS) is 20.3. The summed E-state index contributed by atoms with van der Waals surface area (Å²) < 4.78 is 0. The molecule has 1 aromatic carbocycles. The van der Waals surface area contributed by atoms with Crippen LogP contribution in [0.2, 0.25) is 0 Å². The van der Waals surface area contributed by atoms with Crippen LogP contribution in [0.3, 0.4) is 0 Å². The molecule has 1 saturated carbocycles. The number of fused-ring (bicyclic) bond motifs is 1. The molecule has 1 amide bonds. The number of amides is 1. The number of thiophene rings is 1. The second kappa shape index (κ2) is 7.30. The lowest BCUT2D eigenvalue weighted by Crippen LogP contribution is -2.43. The highest BCUT2D eigenvalue weighted by Crippen LogP contribution is 2.48. The largest absolute Gasteiger partial charge is 0.355 e. The zero-order chi connectivity index (χ0) is 17.2. The Labute approximate surface area is 154 Å². The van der Waals surface area contributed by atoms with Gasteiger partial charge in [-0.2, -0.15) is 0 Å². The van der Waals surface area contributed by atoms with Crippen LogP contribution in [0.25, 0.3) is 0 Å². The molecule has 4 rings (SSSR count). The number of benzene rings is 1. The quantitative estimate of drug-likeness (QED) is 0.857. The number of carbonyl (C=O) groups excluding carboxylic acids is 1. The van der Waals surface area contributed by atoms with Gasteiger partial charge in [0.25, 0.3) is 0 Å². The van der Waals surface area contributed by atoms with Crippen LogP contribution in [0.15, 0.2) is 35.7 Å². The van der Waals surface area contributed by atoms with Crippen LogP contribution >= 0.6 is 11.3 Å². The van der Waals surface area contributed by atoms with E-state index in [1.807, 2.05) is 11.3 Å². The first kappa shape index (κ1) is 16.8. The van der Waals surface area contributed by atoms with Crippen LogP contribution in [0.4, 0.5) is 0 Å². The fraction of sp³-hybridized carbons (Fsp3) is 0.476. The van der Waals surface area contributed by atoms with Gasteiger partial charge in [-0.05, 0) is 66.7 Å². The van der Waals surface area contributed by atoms with Crippen molar-refractivity contribution in [2.24, 2.45) is 5.92 Å². The first-order valence-corrected chi connectivity index (χ1v) is 10.2. The van der Waals surface area contributed by atoms with Gasteiger partial charge in [0.1, 0.15) is 0 Å². The van der Waals surface area contributed by atoms with E-state index in [-0.39, 0.29) is 5.91 Å². The van der Waals surface area contributed by atoms with Crippen molar-refractivity contribution >= 4 is 17.2 Å². The summed E-state index contributed by atoms with van der Waals surface area (Å²) in [5, 5.41) is 5.34. The Hall–Kier alpha value is -1.65. The molecule has 4 heteroatoms. The average Bonchev–Trinajstić information content (AvgIpc) is 3.32. The van der Waals surface area contributed by atoms with Gasteiger partial charge in [-0.15, -0.1) is 11.3 Å². The molecule has 0 spiro atoms. The first-order chi connectivity index (χ1) is 12.2. The van der Waals surface area contributed by atoms with Crippen molar-refractivity contribution in [3.8, 4) is 0 Å². The summed E-state index contributed by atoms with van der Waals surface area (Å²) in [6.07, 6.45) is 4.61. The molecular weight excluding hydrogens is 328 g/mol. The highest BCUT2D eigenvalue weighted by atomic mass is 32.1. The van der Waals surface area contributed by atoms with Crippen molar-refractivity contribution in [3.05, 3.63) is 57.3 Å². The van der Waals surface area contributed by atoms with E-state index in [2.05, 4.69) is 52.9 Å². The van der Waals surface area contributed by atoms with Crippen LogP contribution in [0, 0.1) is 12.8 Å². The minimum atomic E-state index is 0.165. The summed E-state index contributed by atoms with van der Waals surface area (Å²) in [5.74, 6) is 0.923. The Morgan fingerprint density at radius 2 is 2.12 bits per heavy atom. The van der Waals surface area contributed by atoms with Gasteiger partial charge in [0, 0.05) is 24.0 Å². The lowest BCUT2D eigenvalue weighted by molar-refractivity contribution is -0.123. The Balaban J connectivity index is 1.32. The number of hydrogen-bond acceptors (Lipinski definition) is 3. The van der Waals surface area contributed by atoms with E-state index in [1.165, 1.54) is 34.4 Å². The monoisotopic (exact) mass is 354 g/mol. The average molecular weight is 355 g/mol. The molecule has 2 heterocycles. The Kier molecular flexibility index (Phi) is 4.91. The molecule has 0 unspecified atom stereocenters. The van der Waals surface area contributed by atoms with E-state index in [4.69, 9.17) is 0 Å². The van der Waals surface area contributed by atoms with Gasteiger partial charge >= 0.3 is 0 Å². The van der Waals surface area contributed by atoms with Crippen LogP contribution in [-0.2, 0) is 17.6 Å². The summed E-state index contributed by atoms with van der Waals surface area (Å²) in [7, 11) is 0. The van der Waals surface area contributed by atoms with Gasteiger partial charge < -0.3 is 5.32 Å². The lowest BCUT2D eigenvalue weighted by atomic mass is 9.96. The molecule has 132 valence electrons. The fourth-order valence-electron chi connectivity index (χ4n) is 4.01. The van der Waals surface area contributed by atoms with Crippen LogP contribution in [0.5, 0.6) is 0 Å². The van der Waals surface area contributed by atoms with Crippen LogP contribution < -0.4 is 5.32 Å². The summed E-state index contributed by atoms with van der Waals surface area (Å²) in [6.45, 7) is 4.39. The van der Waals surface area contributed by atoms with Crippen molar-refractivity contribution < 1.29 is 4.79 Å². The van der Waals surface area contributed by atoms with Gasteiger partial charge in [0.15, 0.2) is 0 Å². The minimum Gasteiger partial charge on any atom is -0.355 e. The minimum absolute atomic E-state index is 0.165. The van der Waals surface area contributed by atoms with Gasteiger partial charge in [-0.1, -0.05) is 24.3 Å². The summed E-state index contributed by atoms with van der Waals surface area (Å²) in [5.41, 5.74) is 4.11. The number of nitrogens with one attached hydrogen (secondary N) is 1. The summed E-state index contributed by atoms with van der Waals surface area (Å²) in [6, 6.07) is 11.2. The number of nitrogens with zero attached hydrogens (tertiary/aromatic N) is 1. The molecule has 2 aliphatic rings. The molecule has 0 saturated heterocycles. The van der Waals surface area contributed by atoms with Gasteiger partial charge in [0.05, 0.1) is 6.54 Å². The summed E-state index contributed by atoms with van der Waals surface area (Å²) in [4.78, 5) is 16.4. The number of hydrogen-bond donors (Lipinski definition) is 1. The predicted molar refractivity (Wildman–Crippen MR) is 103 cm³/mol. The van der Waals surface area contributed by atoms with E-state index in [1.54, 1.807) is 0 Å². The second-order valence-corrected chi connectivity index (χ2v) is 8.33. The van der Waals surface area contributed by atoms with Crippen molar-refractivity contribution in [1.29, 1.82) is 0 Å². The highest BCUT2D eigenvalue weighted by molar-refractivity contribution is 7.10. The van der Waals surface area contributed by atoms with Gasteiger partial charge in [-0.3, -0.25) is 9.69 Å². The third-order valence-corrected chi connectivity index (χ3v) is 6.51. The molecule has 0 bridgehead atoms. The first-order valence-electron chi connectivity index (χ1n) is 9.34. The molecule has 0 radical (unpaired) electrons. The Bertz CT molecular complexity index is 750. The molecule has 1 atom stereocenters. The van der Waals surface area contributed by atoms with Crippen LogP contribution in [-0.4, -0.2) is 30.4 Å². The molecule has 3 nitrogen and oxygen atoms in total. The van der Waals surface area contributed by atoms with Gasteiger partial charge in [-0.25, -0.2) is 0 Å². The standard InChI is InChI=1S/C21H26N2OS/c1-15-4-2-3-5-16(15)8-11-22-20(24)14-23-12-9-19-18(10-13-25-19)21(23)17-6-7-17/h2-5,10,13,17,21H,6-9,11-12,14H2,1H3,(H,22,24)/t21-/m1/s1. The maximum Gasteiger partial charge on any atom is 0.234 e. The Morgan fingerprint density at radius 1 is 1.28 bits per heavy atom. The Morgan fingerprint density at radius 3 is 2.92 bits per heavy atom. The van der Waals surface area contributed by atoms with Crippen molar-refractivity contribution in [2.75, 3.05) is 19.6 Å². The maximum atomic E-state index is 12.5. The topological polar surface area (TPSA) is 32.3 Å². The van der Waals surface area contributed by atoms with Crippen molar-refractivity contribution in [2.45, 2.75) is 38.6 Å². The molecule has 1 aliphatic carbocycles. The molecule has 1 fully saturated rings. The number of rotatable bonds is 6. The predicted octanol–water partition coefficient (Wildman–Crippen LogP) is 3.72. The zero-order valence-electron chi connectivity index (χ0n) is 14.8. The van der Waals surface area contributed by atoms with Crippen LogP contribution in [0.1, 0.15) is 40.5 Å². The van der Waals surface area contributed by atoms with E-state index >= 15 is 0 Å². The molecule has 25 heavy (non-hydrogen) atoms. The molecule has 1 aromatic heterocycles. The van der Waals surface area contributed by atoms with E-state index in [9.17, 15) is 4.79 Å². The van der Waals surface area contributed by atoms with E-state index < -0.39 is 0 Å². The molecular formula is C21H26N2OS. The molecule has 1 N–H and O–H groups in total. The van der Waals surface area contributed by atoms with E-state index in [0.29, 0.717) is 12.6 Å². The van der Waals surface area contributed by atoms with Crippen molar-refractivity contribution in [1.82, 2.24) is 10.2 Å². The smallest absolute Gasteiger partial charge is 0.234 e. The highest BCUT2D eigenvalue weighted by Gasteiger charge is 2.40. The zero-order valence-corrected chi connectivity index (χ0v) is 15.6. The van der Waals surface area contributed by atoms with E-state index in [0.717, 1.165) is 31.8 Å². The molecule has 2 aromatic rings.